The molecule has 0 fully saturated rings. The number of carbonyl (C=O) groups is 1. The van der Waals surface area contributed by atoms with Crippen LogP contribution in [0.2, 0.25) is 0 Å². The van der Waals surface area contributed by atoms with Crippen LogP contribution in [0.15, 0.2) is 6.20 Å². The van der Waals surface area contributed by atoms with Gasteiger partial charge in [-0.05, 0) is 6.92 Å². The highest BCUT2D eigenvalue weighted by Crippen LogP contribution is 2.25. The smallest absolute Gasteiger partial charge is 0.405 e. The largest absolute Gasteiger partial charge is 0.465 e. The number of hydrogen-bond donors (Lipinski definition) is 3. The van der Waals surface area contributed by atoms with E-state index in [0.29, 0.717) is 0 Å². The summed E-state index contributed by atoms with van der Waals surface area (Å²) in [5.41, 5.74) is -2.20. The van der Waals surface area contributed by atoms with Gasteiger partial charge in [-0.15, -0.1) is 0 Å². The summed E-state index contributed by atoms with van der Waals surface area (Å²) in [6.45, 7) is 1.03. The minimum atomic E-state index is -2.91. The van der Waals surface area contributed by atoms with Crippen molar-refractivity contribution in [3.05, 3.63) is 11.9 Å². The molecule has 0 spiro atoms. The Morgan fingerprint density at radius 3 is 2.79 bits per heavy atom. The minimum absolute atomic E-state index is 0.157. The van der Waals surface area contributed by atoms with Crippen molar-refractivity contribution in [3.63, 3.8) is 0 Å². The lowest BCUT2D eigenvalue weighted by molar-refractivity contribution is 0.0364. The molecule has 1 unspecified atom stereocenters. The van der Waals surface area contributed by atoms with Gasteiger partial charge in [-0.25, -0.2) is 13.6 Å². The highest BCUT2D eigenvalue weighted by Gasteiger charge is 2.40. The van der Waals surface area contributed by atoms with Crippen LogP contribution in [0.1, 0.15) is 12.6 Å². The fraction of sp³-hybridized carbons (Fsp3) is 0.500. The number of H-pyrrole nitrogens is 1. The zero-order valence-corrected chi connectivity index (χ0v) is 7.16. The van der Waals surface area contributed by atoms with E-state index < -0.39 is 18.1 Å². The molecule has 1 rings (SSSR count). The molecule has 3 N–H and O–H groups in total. The highest BCUT2D eigenvalue weighted by atomic mass is 19.3. The molecule has 1 aromatic heterocycles. The molecule has 1 amide bonds. The third kappa shape index (κ3) is 1.78. The molecule has 0 aliphatic carbocycles. The number of amides is 1. The number of hydrogen-bond acceptors (Lipinski definition) is 3. The van der Waals surface area contributed by atoms with Crippen molar-refractivity contribution in [2.45, 2.75) is 18.9 Å². The maximum absolute atomic E-state index is 12.6. The Balaban J connectivity index is 2.99. The number of carboxylic acid groups (broad SMARTS) is 1. The minimum Gasteiger partial charge on any atom is -0.465 e. The Hall–Kier alpha value is -1.73. The van der Waals surface area contributed by atoms with Crippen molar-refractivity contribution in [3.8, 4) is 0 Å². The second-order valence-corrected chi connectivity index (χ2v) is 2.79. The fourth-order valence-electron chi connectivity index (χ4n) is 0.904. The van der Waals surface area contributed by atoms with Crippen LogP contribution >= 0.6 is 0 Å². The quantitative estimate of drug-likeness (QED) is 0.673. The van der Waals surface area contributed by atoms with E-state index in [-0.39, 0.29) is 5.69 Å². The Morgan fingerprint density at radius 1 is 1.79 bits per heavy atom. The Kier molecular flexibility index (Phi) is 2.63. The second-order valence-electron chi connectivity index (χ2n) is 2.79. The van der Waals surface area contributed by atoms with Crippen molar-refractivity contribution in [1.82, 2.24) is 20.7 Å². The molecular formula is C6H8F2N4O2. The van der Waals surface area contributed by atoms with E-state index in [1.165, 1.54) is 0 Å². The van der Waals surface area contributed by atoms with Gasteiger partial charge >= 0.3 is 6.09 Å². The molecule has 0 saturated heterocycles. The maximum atomic E-state index is 12.6. The molecule has 78 valence electrons. The third-order valence-corrected chi connectivity index (χ3v) is 1.75. The molecule has 0 saturated carbocycles. The van der Waals surface area contributed by atoms with Gasteiger partial charge in [-0.2, -0.15) is 15.4 Å². The first-order valence-electron chi connectivity index (χ1n) is 3.62. The van der Waals surface area contributed by atoms with Gasteiger partial charge in [0.2, 0.25) is 0 Å². The van der Waals surface area contributed by atoms with Gasteiger partial charge in [0.25, 0.3) is 6.43 Å². The molecule has 1 atom stereocenters. The lowest BCUT2D eigenvalue weighted by Crippen LogP contribution is -2.48. The normalized spacial score (nSPS) is 15.1. The van der Waals surface area contributed by atoms with Crippen molar-refractivity contribution in [1.29, 1.82) is 0 Å². The maximum Gasteiger partial charge on any atom is 0.405 e. The van der Waals surface area contributed by atoms with Crippen LogP contribution in [-0.2, 0) is 5.54 Å². The lowest BCUT2D eigenvalue weighted by Gasteiger charge is -2.25. The summed E-state index contributed by atoms with van der Waals surface area (Å²) < 4.78 is 25.2. The summed E-state index contributed by atoms with van der Waals surface area (Å²) in [5, 5.41) is 19.0. The Bertz CT molecular complexity index is 316. The topological polar surface area (TPSA) is 90.9 Å². The predicted octanol–water partition coefficient (Wildman–Crippen LogP) is 0.553. The average Bonchev–Trinajstić information content (AvgIpc) is 2.53. The molecule has 0 bridgehead atoms. The number of nitrogens with one attached hydrogen (secondary N) is 2. The first kappa shape index (κ1) is 10.4. The summed E-state index contributed by atoms with van der Waals surface area (Å²) in [5.74, 6) is 0. The molecule has 0 aliphatic rings. The summed E-state index contributed by atoms with van der Waals surface area (Å²) in [7, 11) is 0. The molecule has 1 heterocycles. The monoisotopic (exact) mass is 206 g/mol. The van der Waals surface area contributed by atoms with E-state index in [2.05, 4.69) is 15.4 Å². The van der Waals surface area contributed by atoms with E-state index in [0.717, 1.165) is 13.1 Å². The molecule has 0 aliphatic heterocycles. The lowest BCUT2D eigenvalue weighted by atomic mass is 10.00. The second kappa shape index (κ2) is 3.56. The first-order chi connectivity index (χ1) is 6.47. The Morgan fingerprint density at radius 2 is 2.43 bits per heavy atom. The highest BCUT2D eigenvalue weighted by molar-refractivity contribution is 5.66. The summed E-state index contributed by atoms with van der Waals surface area (Å²) >= 11 is 0. The summed E-state index contributed by atoms with van der Waals surface area (Å²) in [6.07, 6.45) is -3.42. The van der Waals surface area contributed by atoms with E-state index >= 15 is 0 Å². The molecule has 8 heteroatoms. The fourth-order valence-corrected chi connectivity index (χ4v) is 0.904. The van der Waals surface area contributed by atoms with Crippen molar-refractivity contribution in [2.75, 3.05) is 0 Å². The molecular weight excluding hydrogens is 198 g/mol. The van der Waals surface area contributed by atoms with Crippen LogP contribution in [0.5, 0.6) is 0 Å². The standard InChI is InChI=1S/C6H8F2N4O2/c1-6(4(7)8,10-5(13)14)3-2-9-12-11-3/h2,4,10H,1H3,(H,13,14)(H,9,11,12). The zero-order valence-electron chi connectivity index (χ0n) is 7.16. The van der Waals surface area contributed by atoms with Crippen molar-refractivity contribution >= 4 is 6.09 Å². The first-order valence-corrected chi connectivity index (χ1v) is 3.62. The van der Waals surface area contributed by atoms with Gasteiger partial charge in [-0.1, -0.05) is 0 Å². The van der Waals surface area contributed by atoms with Gasteiger partial charge in [0.05, 0.1) is 6.20 Å². The van der Waals surface area contributed by atoms with Gasteiger partial charge in [0.15, 0.2) is 0 Å². The third-order valence-electron chi connectivity index (χ3n) is 1.75. The number of rotatable bonds is 3. The van der Waals surface area contributed by atoms with Crippen LogP contribution in [0, 0.1) is 0 Å². The number of halogens is 2. The number of aromatic nitrogens is 3. The summed E-state index contributed by atoms with van der Waals surface area (Å²) in [6, 6.07) is 0. The number of aromatic amines is 1. The molecule has 0 radical (unpaired) electrons. The van der Waals surface area contributed by atoms with Gasteiger partial charge < -0.3 is 10.4 Å². The van der Waals surface area contributed by atoms with Crippen molar-refractivity contribution in [2.24, 2.45) is 0 Å². The van der Waals surface area contributed by atoms with Gasteiger partial charge in [-0.3, -0.25) is 0 Å². The van der Waals surface area contributed by atoms with Crippen LogP contribution in [0.3, 0.4) is 0 Å². The van der Waals surface area contributed by atoms with Crippen LogP contribution in [0.25, 0.3) is 0 Å². The van der Waals surface area contributed by atoms with E-state index in [1.54, 1.807) is 5.32 Å². The Labute approximate surface area is 77.3 Å². The van der Waals surface area contributed by atoms with Gasteiger partial charge in [0, 0.05) is 0 Å². The van der Waals surface area contributed by atoms with E-state index in [1.807, 2.05) is 0 Å². The molecule has 14 heavy (non-hydrogen) atoms. The SMILES string of the molecule is CC(NC(=O)O)(c1cn[nH]n1)C(F)F. The van der Waals surface area contributed by atoms with Crippen molar-refractivity contribution < 1.29 is 18.7 Å². The van der Waals surface area contributed by atoms with Gasteiger partial charge in [0.1, 0.15) is 11.2 Å². The van der Waals surface area contributed by atoms with Crippen LogP contribution < -0.4 is 5.32 Å². The number of nitrogens with zero attached hydrogens (tertiary/aromatic N) is 2. The molecule has 6 nitrogen and oxygen atoms in total. The van der Waals surface area contributed by atoms with Crippen LogP contribution in [0.4, 0.5) is 13.6 Å². The zero-order chi connectivity index (χ0) is 10.8. The van der Waals surface area contributed by atoms with Crippen LogP contribution in [-0.4, -0.2) is 33.0 Å². The predicted molar refractivity (Wildman–Crippen MR) is 40.9 cm³/mol. The summed E-state index contributed by atoms with van der Waals surface area (Å²) in [4.78, 5) is 10.3. The molecule has 0 aromatic carbocycles. The number of alkyl halides is 2. The molecule has 1 aromatic rings. The average molecular weight is 206 g/mol. The van der Waals surface area contributed by atoms with E-state index in [9.17, 15) is 13.6 Å². The van der Waals surface area contributed by atoms with E-state index in [4.69, 9.17) is 5.11 Å².